The Balaban J connectivity index is 2.98. The molecule has 14 heteroatoms. The van der Waals surface area contributed by atoms with Gasteiger partial charge >= 0.3 is 17.9 Å². The number of thioether (sulfide) groups is 1. The Morgan fingerprint density at radius 1 is 0.811 bits per heavy atom. The second-order valence-corrected chi connectivity index (χ2v) is 9.12. The molecule has 0 aliphatic rings. The summed E-state index contributed by atoms with van der Waals surface area (Å²) in [7, 11) is 0. The van der Waals surface area contributed by atoms with Gasteiger partial charge < -0.3 is 37.0 Å². The zero-order chi connectivity index (χ0) is 28.0. The number of aliphatic carboxylic acids is 3. The summed E-state index contributed by atoms with van der Waals surface area (Å²) >= 11 is 1.36. The van der Waals surface area contributed by atoms with Crippen molar-refractivity contribution in [1.29, 1.82) is 0 Å². The summed E-state index contributed by atoms with van der Waals surface area (Å²) in [4.78, 5) is 72.0. The van der Waals surface area contributed by atoms with Crippen molar-refractivity contribution in [2.75, 3.05) is 12.0 Å². The Hall–Kier alpha value is -3.65. The highest BCUT2D eigenvalue weighted by Gasteiger charge is 2.31. The van der Waals surface area contributed by atoms with E-state index in [1.54, 1.807) is 36.6 Å². The van der Waals surface area contributed by atoms with Crippen molar-refractivity contribution in [3.63, 3.8) is 0 Å². The maximum Gasteiger partial charge on any atom is 0.326 e. The van der Waals surface area contributed by atoms with E-state index >= 15 is 0 Å². The summed E-state index contributed by atoms with van der Waals surface area (Å²) in [6.07, 6.45) is 0.165. The van der Waals surface area contributed by atoms with E-state index in [4.69, 9.17) is 10.8 Å². The molecule has 3 amide bonds. The predicted octanol–water partition coefficient (Wildman–Crippen LogP) is -0.812. The molecule has 1 aromatic rings. The van der Waals surface area contributed by atoms with Gasteiger partial charge in [-0.15, -0.1) is 0 Å². The van der Waals surface area contributed by atoms with Gasteiger partial charge in [0.15, 0.2) is 0 Å². The molecule has 0 heterocycles. The molecule has 1 rings (SSSR count). The smallest absolute Gasteiger partial charge is 0.326 e. The van der Waals surface area contributed by atoms with Crippen LogP contribution in [0.3, 0.4) is 0 Å². The fourth-order valence-electron chi connectivity index (χ4n) is 3.20. The predicted molar refractivity (Wildman–Crippen MR) is 134 cm³/mol. The monoisotopic (exact) mass is 540 g/mol. The molecule has 0 aromatic heterocycles. The highest BCUT2D eigenvalue weighted by atomic mass is 32.2. The first-order valence-corrected chi connectivity index (χ1v) is 12.7. The lowest BCUT2D eigenvalue weighted by Crippen LogP contribution is -2.57. The van der Waals surface area contributed by atoms with Crippen molar-refractivity contribution in [2.45, 2.75) is 56.3 Å². The minimum absolute atomic E-state index is 0.0822. The van der Waals surface area contributed by atoms with Crippen LogP contribution in [0.1, 0.15) is 31.2 Å². The molecule has 0 saturated heterocycles. The van der Waals surface area contributed by atoms with Gasteiger partial charge in [-0.25, -0.2) is 4.79 Å². The molecule has 0 aliphatic heterocycles. The first-order chi connectivity index (χ1) is 17.4. The van der Waals surface area contributed by atoms with E-state index in [-0.39, 0.29) is 12.8 Å². The van der Waals surface area contributed by atoms with Gasteiger partial charge in [0.1, 0.15) is 18.1 Å². The topological polar surface area (TPSA) is 225 Å². The van der Waals surface area contributed by atoms with E-state index in [1.165, 1.54) is 11.8 Å². The summed E-state index contributed by atoms with van der Waals surface area (Å²) in [5, 5.41) is 34.3. The van der Waals surface area contributed by atoms with Crippen LogP contribution in [0.5, 0.6) is 0 Å². The Kier molecular flexibility index (Phi) is 13.7. The molecule has 0 saturated carbocycles. The van der Waals surface area contributed by atoms with Crippen molar-refractivity contribution in [3.8, 4) is 0 Å². The molecule has 8 N–H and O–H groups in total. The molecular formula is C23H32N4O9S. The number of benzene rings is 1. The maximum atomic E-state index is 12.9. The second kappa shape index (κ2) is 16.2. The third-order valence-corrected chi connectivity index (χ3v) is 5.80. The Morgan fingerprint density at radius 3 is 1.92 bits per heavy atom. The number of rotatable bonds is 17. The van der Waals surface area contributed by atoms with Crippen molar-refractivity contribution >= 4 is 47.4 Å². The lowest BCUT2D eigenvalue weighted by atomic mass is 10.0. The summed E-state index contributed by atoms with van der Waals surface area (Å²) in [6, 6.07) is 3.25. The Morgan fingerprint density at radius 2 is 1.38 bits per heavy atom. The highest BCUT2D eigenvalue weighted by Crippen LogP contribution is 2.06. The fraction of sp³-hybridized carbons (Fsp3) is 0.478. The molecule has 0 aliphatic carbocycles. The van der Waals surface area contributed by atoms with E-state index < -0.39 is 79.1 Å². The molecule has 204 valence electrons. The minimum atomic E-state index is -1.63. The van der Waals surface area contributed by atoms with Crippen LogP contribution in [-0.4, -0.2) is 87.1 Å². The van der Waals surface area contributed by atoms with E-state index in [2.05, 4.69) is 16.0 Å². The number of amides is 3. The number of hydrogen-bond acceptors (Lipinski definition) is 8. The average Bonchev–Trinajstić information content (AvgIpc) is 2.83. The third kappa shape index (κ3) is 12.2. The molecule has 1 aromatic carbocycles. The fourth-order valence-corrected chi connectivity index (χ4v) is 3.67. The van der Waals surface area contributed by atoms with Crippen LogP contribution >= 0.6 is 11.8 Å². The molecular weight excluding hydrogens is 508 g/mol. The summed E-state index contributed by atoms with van der Waals surface area (Å²) in [5.41, 5.74) is 6.64. The molecule has 13 nitrogen and oxygen atoms in total. The van der Waals surface area contributed by atoms with Gasteiger partial charge in [0.25, 0.3) is 0 Å². The summed E-state index contributed by atoms with van der Waals surface area (Å²) in [6.45, 7) is 0. The Bertz CT molecular complexity index is 961. The number of carboxylic acids is 3. The minimum Gasteiger partial charge on any atom is -0.481 e. The van der Waals surface area contributed by atoms with E-state index in [0.717, 1.165) is 5.56 Å². The van der Waals surface area contributed by atoms with Crippen LogP contribution in [0, 0.1) is 0 Å². The van der Waals surface area contributed by atoms with Crippen LogP contribution in [-0.2, 0) is 35.2 Å². The summed E-state index contributed by atoms with van der Waals surface area (Å²) in [5.74, 6) is -6.42. The van der Waals surface area contributed by atoms with Gasteiger partial charge in [0, 0.05) is 6.42 Å². The number of nitrogens with one attached hydrogen (secondary N) is 3. The van der Waals surface area contributed by atoms with E-state index in [9.17, 15) is 39.0 Å². The first-order valence-electron chi connectivity index (χ1n) is 11.3. The highest BCUT2D eigenvalue weighted by molar-refractivity contribution is 7.98. The largest absolute Gasteiger partial charge is 0.481 e. The molecule has 0 bridgehead atoms. The number of carbonyl (C=O) groups excluding carboxylic acids is 3. The average molecular weight is 541 g/mol. The maximum absolute atomic E-state index is 12.9. The van der Waals surface area contributed by atoms with Crippen LogP contribution in [0.2, 0.25) is 0 Å². The molecule has 0 spiro atoms. The SMILES string of the molecule is CSCCC(NC(=O)C(CCC(=O)O)NC(=O)C(CC(=O)O)NC(=O)C(N)Cc1ccccc1)C(=O)O. The zero-order valence-corrected chi connectivity index (χ0v) is 21.0. The van der Waals surface area contributed by atoms with Crippen LogP contribution in [0.25, 0.3) is 0 Å². The Labute approximate surface area is 217 Å². The van der Waals surface area contributed by atoms with Crippen molar-refractivity contribution in [3.05, 3.63) is 35.9 Å². The van der Waals surface area contributed by atoms with Gasteiger partial charge in [0.2, 0.25) is 17.7 Å². The van der Waals surface area contributed by atoms with Crippen LogP contribution < -0.4 is 21.7 Å². The lowest BCUT2D eigenvalue weighted by Gasteiger charge is -2.24. The summed E-state index contributed by atoms with van der Waals surface area (Å²) < 4.78 is 0. The van der Waals surface area contributed by atoms with Gasteiger partial charge in [-0.05, 0) is 36.8 Å². The number of nitrogens with two attached hydrogens (primary N) is 1. The molecule has 37 heavy (non-hydrogen) atoms. The van der Waals surface area contributed by atoms with Gasteiger partial charge in [-0.2, -0.15) is 11.8 Å². The standard InChI is InChI=1S/C23H32N4O9S/c1-37-10-9-16(23(35)36)26-21(33)15(7-8-18(28)29)25-22(34)17(12-19(30)31)27-20(32)14(24)11-13-5-3-2-4-6-13/h2-6,14-17H,7-12,24H2,1H3,(H,25,34)(H,26,33)(H,27,32)(H,28,29)(H,30,31)(H,35,36). The van der Waals surface area contributed by atoms with Gasteiger partial charge in [0.05, 0.1) is 12.5 Å². The van der Waals surface area contributed by atoms with Gasteiger partial charge in [-0.3, -0.25) is 24.0 Å². The van der Waals surface area contributed by atoms with Crippen LogP contribution in [0.15, 0.2) is 30.3 Å². The second-order valence-electron chi connectivity index (χ2n) is 8.13. The van der Waals surface area contributed by atoms with E-state index in [1.807, 2.05) is 0 Å². The quantitative estimate of drug-likeness (QED) is 0.129. The number of carbonyl (C=O) groups is 6. The normalized spacial score (nSPS) is 13.9. The van der Waals surface area contributed by atoms with Crippen molar-refractivity contribution in [2.24, 2.45) is 5.73 Å². The lowest BCUT2D eigenvalue weighted by molar-refractivity contribution is -0.143. The molecule has 0 fully saturated rings. The number of carboxylic acid groups (broad SMARTS) is 3. The molecule has 0 radical (unpaired) electrons. The van der Waals surface area contributed by atoms with Crippen molar-refractivity contribution in [1.82, 2.24) is 16.0 Å². The van der Waals surface area contributed by atoms with Crippen molar-refractivity contribution < 1.29 is 44.1 Å². The molecule has 4 atom stereocenters. The van der Waals surface area contributed by atoms with Gasteiger partial charge in [-0.1, -0.05) is 30.3 Å². The molecule has 4 unspecified atom stereocenters. The number of hydrogen-bond donors (Lipinski definition) is 7. The van der Waals surface area contributed by atoms with E-state index in [0.29, 0.717) is 5.75 Å². The first kappa shape index (κ1) is 31.4. The zero-order valence-electron chi connectivity index (χ0n) is 20.2. The third-order valence-electron chi connectivity index (χ3n) is 5.15. The van der Waals surface area contributed by atoms with Crippen LogP contribution in [0.4, 0.5) is 0 Å².